The van der Waals surface area contributed by atoms with Crippen molar-refractivity contribution in [1.82, 2.24) is 9.97 Å². The Morgan fingerprint density at radius 1 is 1.56 bits per heavy atom. The van der Waals surface area contributed by atoms with Crippen molar-refractivity contribution in [1.29, 1.82) is 0 Å². The summed E-state index contributed by atoms with van der Waals surface area (Å²) in [6, 6.07) is 1.75. The van der Waals surface area contributed by atoms with Crippen LogP contribution in [0.25, 0.3) is 0 Å². The van der Waals surface area contributed by atoms with Crippen LogP contribution in [0.5, 0.6) is 5.88 Å². The molecular weight excluding hydrogens is 234 g/mol. The molecule has 0 unspecified atom stereocenters. The highest BCUT2D eigenvalue weighted by Gasteiger charge is 2.27. The molecule has 0 bridgehead atoms. The smallest absolute Gasteiger partial charge is 0.308 e. The summed E-state index contributed by atoms with van der Waals surface area (Å²) in [5, 5.41) is 9.07. The Morgan fingerprint density at radius 3 is 3.00 bits per heavy atom. The summed E-state index contributed by atoms with van der Waals surface area (Å²) >= 11 is 0. The van der Waals surface area contributed by atoms with Gasteiger partial charge in [0.1, 0.15) is 0 Å². The second-order valence-electron chi connectivity index (χ2n) is 4.48. The number of carbonyl (C=O) groups is 1. The first-order valence-corrected chi connectivity index (χ1v) is 5.97. The Bertz CT molecular complexity index is 450. The third-order valence-electron chi connectivity index (χ3n) is 3.08. The number of piperidine rings is 1. The molecule has 1 fully saturated rings. The third kappa shape index (κ3) is 2.69. The lowest BCUT2D eigenvalue weighted by atomic mass is 9.99. The van der Waals surface area contributed by atoms with Gasteiger partial charge in [-0.15, -0.1) is 0 Å². The standard InChI is InChI=1S/C12H17N3O3/c1-8-6-10(18-2)14-12(13-8)15-5-3-4-9(7-15)11(16)17/h6,9H,3-5,7H2,1-2H3,(H,16,17)/t9-/m0/s1. The topological polar surface area (TPSA) is 75.5 Å². The van der Waals surface area contributed by atoms with Crippen LogP contribution in [0, 0.1) is 12.8 Å². The Labute approximate surface area is 106 Å². The van der Waals surface area contributed by atoms with Crippen molar-refractivity contribution in [3.8, 4) is 5.88 Å². The fourth-order valence-electron chi connectivity index (χ4n) is 2.13. The van der Waals surface area contributed by atoms with E-state index in [9.17, 15) is 4.79 Å². The van der Waals surface area contributed by atoms with Gasteiger partial charge in [0, 0.05) is 24.8 Å². The molecule has 18 heavy (non-hydrogen) atoms. The average Bonchev–Trinajstić information content (AvgIpc) is 2.38. The molecule has 2 rings (SSSR count). The summed E-state index contributed by atoms with van der Waals surface area (Å²) in [5.74, 6) is -0.0269. The monoisotopic (exact) mass is 251 g/mol. The van der Waals surface area contributed by atoms with Crippen LogP contribution in [0.15, 0.2) is 6.07 Å². The summed E-state index contributed by atoms with van der Waals surface area (Å²) in [5.41, 5.74) is 0.814. The molecule has 98 valence electrons. The normalized spacial score (nSPS) is 19.7. The van der Waals surface area contributed by atoms with Gasteiger partial charge >= 0.3 is 5.97 Å². The van der Waals surface area contributed by atoms with Gasteiger partial charge in [0.2, 0.25) is 11.8 Å². The Kier molecular flexibility index (Phi) is 3.64. The Hall–Kier alpha value is -1.85. The van der Waals surface area contributed by atoms with E-state index in [-0.39, 0.29) is 5.92 Å². The predicted octanol–water partition coefficient (Wildman–Crippen LogP) is 1.09. The number of aliphatic carboxylic acids is 1. The van der Waals surface area contributed by atoms with Crippen molar-refractivity contribution in [3.63, 3.8) is 0 Å². The van der Waals surface area contributed by atoms with E-state index in [0.29, 0.717) is 18.4 Å². The first-order chi connectivity index (χ1) is 8.60. The lowest BCUT2D eigenvalue weighted by molar-refractivity contribution is -0.141. The van der Waals surface area contributed by atoms with Crippen molar-refractivity contribution in [3.05, 3.63) is 11.8 Å². The minimum atomic E-state index is -0.751. The van der Waals surface area contributed by atoms with E-state index in [4.69, 9.17) is 9.84 Å². The van der Waals surface area contributed by atoms with Crippen molar-refractivity contribution in [2.24, 2.45) is 5.92 Å². The maximum Gasteiger partial charge on any atom is 0.308 e. The molecule has 1 atom stereocenters. The molecule has 1 N–H and O–H groups in total. The summed E-state index contributed by atoms with van der Waals surface area (Å²) in [6.45, 7) is 3.12. The lowest BCUT2D eigenvalue weighted by Crippen LogP contribution is -2.39. The molecule has 6 nitrogen and oxygen atoms in total. The summed E-state index contributed by atoms with van der Waals surface area (Å²) < 4.78 is 5.11. The van der Waals surface area contributed by atoms with E-state index in [0.717, 1.165) is 25.1 Å². The zero-order chi connectivity index (χ0) is 13.1. The molecule has 0 aromatic carbocycles. The van der Waals surface area contributed by atoms with Crippen molar-refractivity contribution in [2.75, 3.05) is 25.1 Å². The van der Waals surface area contributed by atoms with Crippen LogP contribution in [-0.4, -0.2) is 41.2 Å². The highest BCUT2D eigenvalue weighted by atomic mass is 16.5. The number of hydrogen-bond acceptors (Lipinski definition) is 5. The number of hydrogen-bond donors (Lipinski definition) is 1. The Morgan fingerprint density at radius 2 is 2.33 bits per heavy atom. The minimum Gasteiger partial charge on any atom is -0.481 e. The number of rotatable bonds is 3. The number of nitrogens with zero attached hydrogens (tertiary/aromatic N) is 3. The summed E-state index contributed by atoms with van der Waals surface area (Å²) in [6.07, 6.45) is 1.56. The maximum absolute atomic E-state index is 11.0. The molecule has 1 aromatic heterocycles. The van der Waals surface area contributed by atoms with E-state index < -0.39 is 5.97 Å². The highest BCUT2D eigenvalue weighted by molar-refractivity contribution is 5.71. The molecule has 0 aliphatic carbocycles. The van der Waals surface area contributed by atoms with E-state index in [1.807, 2.05) is 11.8 Å². The summed E-state index contributed by atoms with van der Waals surface area (Å²) in [7, 11) is 1.56. The van der Waals surface area contributed by atoms with Crippen molar-refractivity contribution >= 4 is 11.9 Å². The van der Waals surface area contributed by atoms with Gasteiger partial charge in [-0.3, -0.25) is 4.79 Å². The highest BCUT2D eigenvalue weighted by Crippen LogP contribution is 2.22. The first-order valence-electron chi connectivity index (χ1n) is 5.97. The van der Waals surface area contributed by atoms with E-state index in [2.05, 4.69) is 9.97 Å². The number of ether oxygens (including phenoxy) is 1. The van der Waals surface area contributed by atoms with Gasteiger partial charge in [-0.2, -0.15) is 4.98 Å². The van der Waals surface area contributed by atoms with Crippen molar-refractivity contribution in [2.45, 2.75) is 19.8 Å². The molecule has 1 saturated heterocycles. The minimum absolute atomic E-state index is 0.339. The number of aryl methyl sites for hydroxylation is 1. The van der Waals surface area contributed by atoms with Crippen LogP contribution in [-0.2, 0) is 4.79 Å². The maximum atomic E-state index is 11.0. The number of carboxylic acids is 1. The van der Waals surface area contributed by atoms with Crippen LogP contribution in [0.2, 0.25) is 0 Å². The van der Waals surface area contributed by atoms with Gasteiger partial charge in [0.15, 0.2) is 0 Å². The summed E-state index contributed by atoms with van der Waals surface area (Å²) in [4.78, 5) is 21.6. The number of aromatic nitrogens is 2. The molecule has 1 aliphatic heterocycles. The quantitative estimate of drug-likeness (QED) is 0.866. The molecule has 0 spiro atoms. The zero-order valence-corrected chi connectivity index (χ0v) is 10.6. The van der Waals surface area contributed by atoms with E-state index >= 15 is 0 Å². The van der Waals surface area contributed by atoms with Gasteiger partial charge < -0.3 is 14.7 Å². The lowest BCUT2D eigenvalue weighted by Gasteiger charge is -2.30. The van der Waals surface area contributed by atoms with E-state index in [1.54, 1.807) is 13.2 Å². The van der Waals surface area contributed by atoms with Gasteiger partial charge in [-0.25, -0.2) is 4.98 Å². The molecular formula is C12H17N3O3. The molecule has 0 radical (unpaired) electrons. The van der Waals surface area contributed by atoms with Crippen LogP contribution in [0.3, 0.4) is 0 Å². The van der Waals surface area contributed by atoms with Crippen molar-refractivity contribution < 1.29 is 14.6 Å². The average molecular weight is 251 g/mol. The number of anilines is 1. The fraction of sp³-hybridized carbons (Fsp3) is 0.583. The molecule has 6 heteroatoms. The van der Waals surface area contributed by atoms with Gasteiger partial charge in [-0.05, 0) is 19.8 Å². The Balaban J connectivity index is 2.20. The first kappa shape index (κ1) is 12.6. The zero-order valence-electron chi connectivity index (χ0n) is 10.6. The van der Waals surface area contributed by atoms with Crippen LogP contribution in [0.1, 0.15) is 18.5 Å². The van der Waals surface area contributed by atoms with Crippen LogP contribution < -0.4 is 9.64 Å². The van der Waals surface area contributed by atoms with Crippen LogP contribution >= 0.6 is 0 Å². The predicted molar refractivity (Wildman–Crippen MR) is 65.9 cm³/mol. The molecule has 1 aliphatic rings. The van der Waals surface area contributed by atoms with Gasteiger partial charge in [-0.1, -0.05) is 0 Å². The number of methoxy groups -OCH3 is 1. The molecule has 0 saturated carbocycles. The van der Waals surface area contributed by atoms with Gasteiger partial charge in [0.25, 0.3) is 0 Å². The van der Waals surface area contributed by atoms with Gasteiger partial charge in [0.05, 0.1) is 13.0 Å². The number of carboxylic acid groups (broad SMARTS) is 1. The third-order valence-corrected chi connectivity index (χ3v) is 3.08. The molecule has 1 aromatic rings. The second kappa shape index (κ2) is 5.20. The second-order valence-corrected chi connectivity index (χ2v) is 4.48. The molecule has 0 amide bonds. The molecule has 2 heterocycles. The largest absolute Gasteiger partial charge is 0.481 e. The SMILES string of the molecule is COc1cc(C)nc(N2CCC[C@H](C(=O)O)C2)n1. The van der Waals surface area contributed by atoms with Crippen LogP contribution in [0.4, 0.5) is 5.95 Å². The fourth-order valence-corrected chi connectivity index (χ4v) is 2.13. The van der Waals surface area contributed by atoms with E-state index in [1.165, 1.54) is 0 Å².